The van der Waals surface area contributed by atoms with Crippen molar-refractivity contribution in [3.63, 3.8) is 0 Å². The zero-order valence-corrected chi connectivity index (χ0v) is 11.0. The van der Waals surface area contributed by atoms with Crippen LogP contribution < -0.4 is 5.32 Å². The van der Waals surface area contributed by atoms with E-state index in [1.165, 1.54) is 0 Å². The lowest BCUT2D eigenvalue weighted by atomic mass is 10.1. The summed E-state index contributed by atoms with van der Waals surface area (Å²) in [6.07, 6.45) is 1.59. The van der Waals surface area contributed by atoms with E-state index in [2.05, 4.69) is 15.5 Å². The van der Waals surface area contributed by atoms with Gasteiger partial charge in [-0.05, 0) is 25.5 Å². The fourth-order valence-corrected chi connectivity index (χ4v) is 1.90. The topological polar surface area (TPSA) is 85.9 Å². The Labute approximate surface area is 110 Å². The number of nitrogens with one attached hydrogen (secondary N) is 1. The molecule has 1 aromatic carbocycles. The molecule has 7 heteroatoms. The molecule has 1 atom stereocenters. The molecule has 0 aliphatic rings. The molecule has 0 saturated heterocycles. The Morgan fingerprint density at radius 2 is 2.21 bits per heavy atom. The zero-order valence-electron chi connectivity index (χ0n) is 11.0. The van der Waals surface area contributed by atoms with Crippen molar-refractivity contribution in [2.45, 2.75) is 19.9 Å². The number of aryl methyl sites for hydroxylation is 2. The van der Waals surface area contributed by atoms with E-state index in [1.807, 2.05) is 27.0 Å². The van der Waals surface area contributed by atoms with Crippen molar-refractivity contribution in [1.29, 1.82) is 0 Å². The van der Waals surface area contributed by atoms with Gasteiger partial charge in [-0.3, -0.25) is 10.1 Å². The number of hydrogen-bond donors (Lipinski definition) is 1. The highest BCUT2D eigenvalue weighted by Crippen LogP contribution is 2.28. The molecule has 2 aromatic rings. The van der Waals surface area contributed by atoms with E-state index in [-0.39, 0.29) is 11.7 Å². The molecule has 19 heavy (non-hydrogen) atoms. The molecule has 0 spiro atoms. The number of nitro benzene ring substituents is 1. The fourth-order valence-electron chi connectivity index (χ4n) is 1.90. The largest absolute Gasteiger partial charge is 0.370 e. The molecule has 1 unspecified atom stereocenters. The van der Waals surface area contributed by atoms with E-state index in [4.69, 9.17) is 0 Å². The monoisotopic (exact) mass is 261 g/mol. The molecule has 0 saturated carbocycles. The quantitative estimate of drug-likeness (QED) is 0.673. The van der Waals surface area contributed by atoms with Gasteiger partial charge in [-0.1, -0.05) is 6.07 Å². The first-order valence-electron chi connectivity index (χ1n) is 5.84. The molecule has 100 valence electrons. The first-order chi connectivity index (χ1) is 8.99. The predicted octanol–water partition coefficient (Wildman–Crippen LogP) is 2.20. The summed E-state index contributed by atoms with van der Waals surface area (Å²) in [6.45, 7) is 3.70. The van der Waals surface area contributed by atoms with E-state index in [0.717, 1.165) is 11.4 Å². The summed E-state index contributed by atoms with van der Waals surface area (Å²) in [7, 11) is 1.83. The standard InChI is InChI=1S/C12H15N5O2/c1-8-4-5-10(11(6-8)17(18)19)14-9(2)12-15-13-7-16(12)3/h4-7,9,14H,1-3H3. The van der Waals surface area contributed by atoms with Crippen molar-refractivity contribution in [2.75, 3.05) is 5.32 Å². The summed E-state index contributed by atoms with van der Waals surface area (Å²) >= 11 is 0. The number of benzene rings is 1. The van der Waals surface area contributed by atoms with Gasteiger partial charge in [0.15, 0.2) is 5.82 Å². The molecule has 1 N–H and O–H groups in total. The molecule has 0 bridgehead atoms. The van der Waals surface area contributed by atoms with Crippen LogP contribution in [0.25, 0.3) is 0 Å². The maximum Gasteiger partial charge on any atom is 0.292 e. The lowest BCUT2D eigenvalue weighted by Gasteiger charge is -2.14. The highest BCUT2D eigenvalue weighted by Gasteiger charge is 2.18. The van der Waals surface area contributed by atoms with Crippen molar-refractivity contribution in [3.05, 3.63) is 46.0 Å². The summed E-state index contributed by atoms with van der Waals surface area (Å²) in [5.41, 5.74) is 1.39. The fraction of sp³-hybridized carbons (Fsp3) is 0.333. The molecule has 0 radical (unpaired) electrons. The van der Waals surface area contributed by atoms with Gasteiger partial charge in [0.2, 0.25) is 0 Å². The number of anilines is 1. The lowest BCUT2D eigenvalue weighted by Crippen LogP contribution is -2.13. The number of aromatic nitrogens is 3. The van der Waals surface area contributed by atoms with Gasteiger partial charge in [0, 0.05) is 13.1 Å². The van der Waals surface area contributed by atoms with Gasteiger partial charge < -0.3 is 9.88 Å². The van der Waals surface area contributed by atoms with Crippen LogP contribution in [0.3, 0.4) is 0 Å². The Morgan fingerprint density at radius 1 is 1.47 bits per heavy atom. The van der Waals surface area contributed by atoms with Crippen LogP contribution in [0.15, 0.2) is 24.5 Å². The van der Waals surface area contributed by atoms with Crippen molar-refractivity contribution in [1.82, 2.24) is 14.8 Å². The van der Waals surface area contributed by atoms with Crippen LogP contribution >= 0.6 is 0 Å². The molecular weight excluding hydrogens is 246 g/mol. The van der Waals surface area contributed by atoms with Gasteiger partial charge >= 0.3 is 0 Å². The third-order valence-corrected chi connectivity index (χ3v) is 2.86. The zero-order chi connectivity index (χ0) is 14.0. The second-order valence-corrected chi connectivity index (χ2v) is 4.44. The Balaban J connectivity index is 2.29. The molecule has 2 rings (SSSR count). The van der Waals surface area contributed by atoms with Crippen molar-refractivity contribution in [2.24, 2.45) is 7.05 Å². The average Bonchev–Trinajstić information content (AvgIpc) is 2.77. The average molecular weight is 261 g/mol. The summed E-state index contributed by atoms with van der Waals surface area (Å²) < 4.78 is 1.78. The van der Waals surface area contributed by atoms with Crippen LogP contribution in [0, 0.1) is 17.0 Å². The molecule has 0 aliphatic carbocycles. The number of hydrogen-bond acceptors (Lipinski definition) is 5. The van der Waals surface area contributed by atoms with Gasteiger partial charge in [-0.15, -0.1) is 10.2 Å². The van der Waals surface area contributed by atoms with Crippen LogP contribution in [0.1, 0.15) is 24.4 Å². The SMILES string of the molecule is Cc1ccc(NC(C)c2nncn2C)c([N+](=O)[O-])c1. The first-order valence-corrected chi connectivity index (χ1v) is 5.84. The molecule has 0 aliphatic heterocycles. The highest BCUT2D eigenvalue weighted by molar-refractivity contribution is 5.63. The van der Waals surface area contributed by atoms with Crippen LogP contribution in [-0.2, 0) is 7.05 Å². The summed E-state index contributed by atoms with van der Waals surface area (Å²) in [5.74, 6) is 0.717. The minimum Gasteiger partial charge on any atom is -0.370 e. The number of nitrogens with zero attached hydrogens (tertiary/aromatic N) is 4. The predicted molar refractivity (Wildman–Crippen MR) is 70.9 cm³/mol. The van der Waals surface area contributed by atoms with Crippen molar-refractivity contribution < 1.29 is 4.92 Å². The van der Waals surface area contributed by atoms with Crippen LogP contribution in [-0.4, -0.2) is 19.7 Å². The number of nitro groups is 1. The van der Waals surface area contributed by atoms with Crippen LogP contribution in [0.5, 0.6) is 0 Å². The van der Waals surface area contributed by atoms with E-state index in [9.17, 15) is 10.1 Å². The maximum atomic E-state index is 11.0. The molecular formula is C12H15N5O2. The molecule has 1 aromatic heterocycles. The Hall–Kier alpha value is -2.44. The third-order valence-electron chi connectivity index (χ3n) is 2.86. The molecule has 0 amide bonds. The maximum absolute atomic E-state index is 11.0. The number of rotatable bonds is 4. The Morgan fingerprint density at radius 3 is 2.79 bits per heavy atom. The van der Waals surface area contributed by atoms with Gasteiger partial charge in [-0.2, -0.15) is 0 Å². The summed E-state index contributed by atoms with van der Waals surface area (Å²) in [4.78, 5) is 10.7. The van der Waals surface area contributed by atoms with E-state index >= 15 is 0 Å². The lowest BCUT2D eigenvalue weighted by molar-refractivity contribution is -0.384. The smallest absolute Gasteiger partial charge is 0.292 e. The van der Waals surface area contributed by atoms with Crippen LogP contribution in [0.2, 0.25) is 0 Å². The van der Waals surface area contributed by atoms with Gasteiger partial charge in [0.05, 0.1) is 11.0 Å². The van der Waals surface area contributed by atoms with Crippen molar-refractivity contribution in [3.8, 4) is 0 Å². The second kappa shape index (κ2) is 5.05. The Bertz CT molecular complexity index is 608. The molecule has 0 fully saturated rings. The van der Waals surface area contributed by atoms with E-state index in [1.54, 1.807) is 23.0 Å². The van der Waals surface area contributed by atoms with Gasteiger partial charge in [0.1, 0.15) is 12.0 Å². The summed E-state index contributed by atoms with van der Waals surface area (Å²) in [5, 5.41) is 21.9. The molecule has 7 nitrogen and oxygen atoms in total. The first kappa shape index (κ1) is 13.0. The minimum atomic E-state index is -0.390. The Kier molecular flexibility index (Phi) is 3.46. The van der Waals surface area contributed by atoms with E-state index < -0.39 is 4.92 Å². The van der Waals surface area contributed by atoms with Crippen LogP contribution in [0.4, 0.5) is 11.4 Å². The third kappa shape index (κ3) is 2.70. The normalized spacial score (nSPS) is 12.2. The summed E-state index contributed by atoms with van der Waals surface area (Å²) in [6, 6.07) is 4.92. The minimum absolute atomic E-state index is 0.0639. The molecule has 1 heterocycles. The van der Waals surface area contributed by atoms with E-state index in [0.29, 0.717) is 5.69 Å². The highest BCUT2D eigenvalue weighted by atomic mass is 16.6. The van der Waals surface area contributed by atoms with Gasteiger partial charge in [-0.25, -0.2) is 0 Å². The second-order valence-electron chi connectivity index (χ2n) is 4.44. The van der Waals surface area contributed by atoms with Gasteiger partial charge in [0.25, 0.3) is 5.69 Å². The van der Waals surface area contributed by atoms with Crippen molar-refractivity contribution >= 4 is 11.4 Å².